The fraction of sp³-hybridized carbons (Fsp3) is 0.455. The van der Waals surface area contributed by atoms with Crippen molar-refractivity contribution in [2.45, 2.75) is 24.3 Å². The molecule has 78 valence electrons. The maximum absolute atomic E-state index is 6.05. The van der Waals surface area contributed by atoms with Gasteiger partial charge in [0.05, 0.1) is 0 Å². The third-order valence-corrected chi connectivity index (χ3v) is 3.84. The molecule has 0 bridgehead atoms. The smallest absolute Gasteiger partial charge is 0.0446 e. The summed E-state index contributed by atoms with van der Waals surface area (Å²) >= 11 is 7.89. The molecule has 3 heteroatoms. The van der Waals surface area contributed by atoms with E-state index in [1.807, 2.05) is 30.0 Å². The fourth-order valence-electron chi connectivity index (χ4n) is 0.947. The Balaban J connectivity index is 2.58. The van der Waals surface area contributed by atoms with Crippen LogP contribution in [0.25, 0.3) is 0 Å². The van der Waals surface area contributed by atoms with Crippen LogP contribution in [0.3, 0.4) is 0 Å². The number of thioether (sulfide) groups is 1. The third kappa shape index (κ3) is 3.52. The number of nitrogens with two attached hydrogens (primary N) is 1. The van der Waals surface area contributed by atoms with E-state index < -0.39 is 0 Å². The summed E-state index contributed by atoms with van der Waals surface area (Å²) in [5, 5.41) is 0.841. The molecular weight excluding hydrogens is 214 g/mol. The average Bonchev–Trinajstić information content (AvgIpc) is 2.17. The molecular formula is C11H16ClNS. The van der Waals surface area contributed by atoms with Crippen molar-refractivity contribution in [2.75, 3.05) is 6.54 Å². The summed E-state index contributed by atoms with van der Waals surface area (Å²) in [4.78, 5) is 0. The molecule has 1 rings (SSSR count). The summed E-state index contributed by atoms with van der Waals surface area (Å²) in [6, 6.07) is 7.94. The summed E-state index contributed by atoms with van der Waals surface area (Å²) < 4.78 is 0.124. The van der Waals surface area contributed by atoms with Crippen LogP contribution in [-0.2, 0) is 5.75 Å². The Morgan fingerprint density at radius 2 is 2.00 bits per heavy atom. The molecule has 0 aliphatic rings. The van der Waals surface area contributed by atoms with Crippen molar-refractivity contribution in [2.24, 2.45) is 5.73 Å². The summed E-state index contributed by atoms with van der Waals surface area (Å²) in [6.45, 7) is 4.98. The monoisotopic (exact) mass is 229 g/mol. The predicted molar refractivity (Wildman–Crippen MR) is 65.9 cm³/mol. The zero-order valence-corrected chi connectivity index (χ0v) is 10.2. The minimum atomic E-state index is 0.124. The van der Waals surface area contributed by atoms with Crippen LogP contribution < -0.4 is 5.73 Å². The molecule has 0 aromatic heterocycles. The number of benzene rings is 1. The van der Waals surface area contributed by atoms with Gasteiger partial charge in [-0.1, -0.05) is 29.8 Å². The Labute approximate surface area is 95.0 Å². The van der Waals surface area contributed by atoms with Gasteiger partial charge in [-0.05, 0) is 25.5 Å². The molecule has 0 atom stereocenters. The second-order valence-electron chi connectivity index (χ2n) is 3.84. The lowest BCUT2D eigenvalue weighted by Gasteiger charge is -2.21. The number of halogens is 1. The molecule has 0 spiro atoms. The minimum absolute atomic E-state index is 0.124. The Hall–Kier alpha value is -0.180. The molecule has 1 aromatic carbocycles. The normalized spacial score (nSPS) is 11.7. The Morgan fingerprint density at radius 1 is 1.36 bits per heavy atom. The van der Waals surface area contributed by atoms with E-state index in [1.54, 1.807) is 0 Å². The van der Waals surface area contributed by atoms with Crippen LogP contribution in [0, 0.1) is 0 Å². The number of hydrogen-bond acceptors (Lipinski definition) is 2. The van der Waals surface area contributed by atoms with Gasteiger partial charge >= 0.3 is 0 Å². The first kappa shape index (κ1) is 11.9. The van der Waals surface area contributed by atoms with Crippen LogP contribution in [0.15, 0.2) is 24.3 Å². The van der Waals surface area contributed by atoms with Crippen LogP contribution in [0.5, 0.6) is 0 Å². The standard InChI is InChI=1S/C11H16ClNS/c1-11(2,8-13)14-7-9-5-3-4-6-10(9)12/h3-6H,7-8,13H2,1-2H3. The van der Waals surface area contributed by atoms with E-state index in [1.165, 1.54) is 5.56 Å². The predicted octanol–water partition coefficient (Wildman–Crippen LogP) is 3.31. The maximum atomic E-state index is 6.05. The van der Waals surface area contributed by atoms with Gasteiger partial charge in [-0.15, -0.1) is 11.8 Å². The minimum Gasteiger partial charge on any atom is -0.329 e. The second kappa shape index (κ2) is 5.06. The van der Waals surface area contributed by atoms with E-state index in [4.69, 9.17) is 17.3 Å². The van der Waals surface area contributed by atoms with Crippen molar-refractivity contribution in [1.29, 1.82) is 0 Å². The van der Waals surface area contributed by atoms with Gasteiger partial charge in [-0.3, -0.25) is 0 Å². The summed E-state index contributed by atoms with van der Waals surface area (Å²) in [5.74, 6) is 0.921. The molecule has 0 aliphatic carbocycles. The molecule has 0 fully saturated rings. The zero-order valence-electron chi connectivity index (χ0n) is 8.59. The van der Waals surface area contributed by atoms with Crippen molar-refractivity contribution >= 4 is 23.4 Å². The van der Waals surface area contributed by atoms with Crippen molar-refractivity contribution in [1.82, 2.24) is 0 Å². The molecule has 0 aliphatic heterocycles. The van der Waals surface area contributed by atoms with E-state index in [-0.39, 0.29) is 4.75 Å². The molecule has 0 saturated heterocycles. The summed E-state index contributed by atoms with van der Waals surface area (Å²) in [7, 11) is 0. The van der Waals surface area contributed by atoms with E-state index >= 15 is 0 Å². The van der Waals surface area contributed by atoms with Gasteiger partial charge in [0, 0.05) is 22.1 Å². The van der Waals surface area contributed by atoms with Crippen molar-refractivity contribution < 1.29 is 0 Å². The van der Waals surface area contributed by atoms with Crippen LogP contribution in [0.2, 0.25) is 5.02 Å². The lowest BCUT2D eigenvalue weighted by Crippen LogP contribution is -2.26. The zero-order chi connectivity index (χ0) is 10.6. The molecule has 14 heavy (non-hydrogen) atoms. The highest BCUT2D eigenvalue weighted by atomic mass is 35.5. The summed E-state index contributed by atoms with van der Waals surface area (Å²) in [6.07, 6.45) is 0. The largest absolute Gasteiger partial charge is 0.329 e. The molecule has 1 nitrogen and oxygen atoms in total. The molecule has 0 heterocycles. The highest BCUT2D eigenvalue weighted by molar-refractivity contribution is 7.99. The lowest BCUT2D eigenvalue weighted by molar-refractivity contribution is 0.722. The first-order chi connectivity index (χ1) is 6.55. The van der Waals surface area contributed by atoms with E-state index in [9.17, 15) is 0 Å². The van der Waals surface area contributed by atoms with E-state index in [0.29, 0.717) is 6.54 Å². The van der Waals surface area contributed by atoms with Gasteiger partial charge in [-0.25, -0.2) is 0 Å². The quantitative estimate of drug-likeness (QED) is 0.858. The van der Waals surface area contributed by atoms with Crippen LogP contribution >= 0.6 is 23.4 Å². The Morgan fingerprint density at radius 3 is 2.57 bits per heavy atom. The first-order valence-corrected chi connectivity index (χ1v) is 5.99. The van der Waals surface area contributed by atoms with Crippen LogP contribution in [-0.4, -0.2) is 11.3 Å². The van der Waals surface area contributed by atoms with Gasteiger partial charge in [0.25, 0.3) is 0 Å². The topological polar surface area (TPSA) is 26.0 Å². The summed E-state index contributed by atoms with van der Waals surface area (Å²) in [5.41, 5.74) is 6.84. The SMILES string of the molecule is CC(C)(CN)SCc1ccccc1Cl. The van der Waals surface area contributed by atoms with Gasteiger partial charge in [-0.2, -0.15) is 0 Å². The first-order valence-electron chi connectivity index (χ1n) is 4.62. The van der Waals surface area contributed by atoms with Crippen molar-refractivity contribution in [3.05, 3.63) is 34.9 Å². The van der Waals surface area contributed by atoms with E-state index in [0.717, 1.165) is 10.8 Å². The van der Waals surface area contributed by atoms with Gasteiger partial charge in [0.2, 0.25) is 0 Å². The Kier molecular flexibility index (Phi) is 4.30. The van der Waals surface area contributed by atoms with Crippen LogP contribution in [0.1, 0.15) is 19.4 Å². The molecule has 2 N–H and O–H groups in total. The van der Waals surface area contributed by atoms with Gasteiger partial charge in [0.15, 0.2) is 0 Å². The molecule has 0 unspecified atom stereocenters. The number of hydrogen-bond donors (Lipinski definition) is 1. The van der Waals surface area contributed by atoms with Gasteiger partial charge < -0.3 is 5.73 Å². The average molecular weight is 230 g/mol. The highest BCUT2D eigenvalue weighted by Crippen LogP contribution is 2.29. The second-order valence-corrected chi connectivity index (χ2v) is 5.93. The molecule has 0 amide bonds. The number of rotatable bonds is 4. The fourth-order valence-corrected chi connectivity index (χ4v) is 2.15. The van der Waals surface area contributed by atoms with Crippen molar-refractivity contribution in [3.8, 4) is 0 Å². The molecule has 0 saturated carbocycles. The third-order valence-electron chi connectivity index (χ3n) is 2.07. The Bertz CT molecular complexity index is 299. The van der Waals surface area contributed by atoms with E-state index in [2.05, 4.69) is 19.9 Å². The lowest BCUT2D eigenvalue weighted by atomic mass is 10.2. The highest BCUT2D eigenvalue weighted by Gasteiger charge is 2.16. The van der Waals surface area contributed by atoms with Gasteiger partial charge in [0.1, 0.15) is 0 Å². The van der Waals surface area contributed by atoms with Crippen molar-refractivity contribution in [3.63, 3.8) is 0 Å². The molecule has 0 radical (unpaired) electrons. The molecule has 1 aromatic rings. The van der Waals surface area contributed by atoms with Crippen LogP contribution in [0.4, 0.5) is 0 Å². The maximum Gasteiger partial charge on any atom is 0.0446 e.